The Balaban J connectivity index is 1.62. The molecule has 1 amide bonds. The number of furan rings is 1. The van der Waals surface area contributed by atoms with Crippen molar-refractivity contribution in [1.29, 1.82) is 0 Å². The van der Waals surface area contributed by atoms with Gasteiger partial charge in [-0.15, -0.1) is 0 Å². The standard InChI is InChI=1S/C24H21BrN2O3S/c1-16-8-10-19(20(25)14-16)21-11-9-18(30-21)15-22-23(28)27(12-13-29-2)24(31-22)26-17-6-4-3-5-7-17/h3-11,14-15H,12-13H2,1-2H3/b22-15-,26-24?. The van der Waals surface area contributed by atoms with Gasteiger partial charge in [0.1, 0.15) is 11.5 Å². The predicted molar refractivity (Wildman–Crippen MR) is 129 cm³/mol. The van der Waals surface area contributed by atoms with Gasteiger partial charge in [-0.3, -0.25) is 9.69 Å². The molecule has 1 aliphatic heterocycles. The number of methoxy groups -OCH3 is 1. The summed E-state index contributed by atoms with van der Waals surface area (Å²) < 4.78 is 12.2. The van der Waals surface area contributed by atoms with Crippen molar-refractivity contribution < 1.29 is 13.9 Å². The Morgan fingerprint density at radius 3 is 2.71 bits per heavy atom. The summed E-state index contributed by atoms with van der Waals surface area (Å²) in [5.41, 5.74) is 2.93. The van der Waals surface area contributed by atoms with Crippen molar-refractivity contribution in [1.82, 2.24) is 4.90 Å². The maximum atomic E-state index is 13.0. The van der Waals surface area contributed by atoms with Crippen LogP contribution in [0.25, 0.3) is 17.4 Å². The minimum Gasteiger partial charge on any atom is -0.457 e. The first-order valence-electron chi connectivity index (χ1n) is 9.75. The summed E-state index contributed by atoms with van der Waals surface area (Å²) in [7, 11) is 1.62. The van der Waals surface area contributed by atoms with Crippen molar-refractivity contribution in [2.24, 2.45) is 4.99 Å². The first kappa shape index (κ1) is 21.6. The van der Waals surface area contributed by atoms with E-state index in [0.717, 1.165) is 21.5 Å². The van der Waals surface area contributed by atoms with Crippen LogP contribution in [-0.2, 0) is 9.53 Å². The lowest BCUT2D eigenvalue weighted by Crippen LogP contribution is -2.32. The van der Waals surface area contributed by atoms with Gasteiger partial charge in [0.05, 0.1) is 23.7 Å². The molecule has 2 heterocycles. The van der Waals surface area contributed by atoms with Crippen molar-refractivity contribution in [2.45, 2.75) is 6.92 Å². The molecule has 0 aliphatic carbocycles. The number of amidine groups is 1. The molecule has 5 nitrogen and oxygen atoms in total. The number of para-hydroxylation sites is 1. The second-order valence-electron chi connectivity index (χ2n) is 6.98. The molecule has 0 N–H and O–H groups in total. The molecular formula is C24H21BrN2O3S. The van der Waals surface area contributed by atoms with E-state index in [2.05, 4.69) is 20.9 Å². The molecule has 1 aliphatic rings. The minimum absolute atomic E-state index is 0.105. The van der Waals surface area contributed by atoms with Gasteiger partial charge in [0, 0.05) is 23.2 Å². The summed E-state index contributed by atoms with van der Waals surface area (Å²) in [4.78, 5) is 19.9. The van der Waals surface area contributed by atoms with Crippen LogP contribution in [0.2, 0.25) is 0 Å². The van der Waals surface area contributed by atoms with Crippen LogP contribution in [-0.4, -0.2) is 36.2 Å². The number of ether oxygens (including phenoxy) is 1. The molecule has 2 aromatic carbocycles. The quantitative estimate of drug-likeness (QED) is 0.377. The Morgan fingerprint density at radius 1 is 1.16 bits per heavy atom. The fourth-order valence-electron chi connectivity index (χ4n) is 3.11. The van der Waals surface area contributed by atoms with E-state index in [-0.39, 0.29) is 5.91 Å². The van der Waals surface area contributed by atoms with E-state index in [1.54, 1.807) is 18.1 Å². The SMILES string of the molecule is COCCN1C(=O)/C(=C/c2ccc(-c3ccc(C)cc3Br)o2)SC1=Nc1ccccc1. The fraction of sp³-hybridized carbons (Fsp3) is 0.167. The second kappa shape index (κ2) is 9.68. The second-order valence-corrected chi connectivity index (χ2v) is 8.84. The van der Waals surface area contributed by atoms with Gasteiger partial charge in [-0.25, -0.2) is 4.99 Å². The average Bonchev–Trinajstić information content (AvgIpc) is 3.32. The average molecular weight is 497 g/mol. The highest BCUT2D eigenvalue weighted by molar-refractivity contribution is 9.10. The van der Waals surface area contributed by atoms with Gasteiger partial charge in [0.25, 0.3) is 5.91 Å². The number of amides is 1. The maximum absolute atomic E-state index is 13.0. The maximum Gasteiger partial charge on any atom is 0.266 e. The van der Waals surface area contributed by atoms with Crippen LogP contribution < -0.4 is 0 Å². The molecule has 1 aromatic heterocycles. The van der Waals surface area contributed by atoms with E-state index >= 15 is 0 Å². The van der Waals surface area contributed by atoms with Gasteiger partial charge >= 0.3 is 0 Å². The normalized spacial score (nSPS) is 16.6. The number of carbonyl (C=O) groups excluding carboxylic acids is 1. The van der Waals surface area contributed by atoms with Crippen LogP contribution in [0.4, 0.5) is 5.69 Å². The van der Waals surface area contributed by atoms with Gasteiger partial charge in [-0.1, -0.05) is 40.2 Å². The van der Waals surface area contributed by atoms with Crippen LogP contribution in [0.15, 0.2) is 79.5 Å². The van der Waals surface area contributed by atoms with E-state index in [0.29, 0.717) is 29.0 Å². The van der Waals surface area contributed by atoms with Crippen LogP contribution in [0.1, 0.15) is 11.3 Å². The lowest BCUT2D eigenvalue weighted by atomic mass is 10.1. The summed E-state index contributed by atoms with van der Waals surface area (Å²) in [5, 5.41) is 0.632. The van der Waals surface area contributed by atoms with E-state index < -0.39 is 0 Å². The highest BCUT2D eigenvalue weighted by atomic mass is 79.9. The molecule has 0 bridgehead atoms. The van der Waals surface area contributed by atoms with Crippen LogP contribution in [0.3, 0.4) is 0 Å². The molecule has 1 saturated heterocycles. The minimum atomic E-state index is -0.105. The molecule has 0 spiro atoms. The number of aliphatic imine (C=N–C) groups is 1. The molecule has 0 atom stereocenters. The zero-order chi connectivity index (χ0) is 21.8. The number of rotatable bonds is 6. The van der Waals surface area contributed by atoms with Gasteiger partial charge in [0.15, 0.2) is 5.17 Å². The third-order valence-electron chi connectivity index (χ3n) is 4.68. The number of hydrogen-bond donors (Lipinski definition) is 0. The van der Waals surface area contributed by atoms with Gasteiger partial charge in [-0.05, 0) is 60.6 Å². The number of thioether (sulfide) groups is 1. The van der Waals surface area contributed by atoms with Gasteiger partial charge in [-0.2, -0.15) is 0 Å². The number of hydrogen-bond acceptors (Lipinski definition) is 5. The Hall–Kier alpha value is -2.61. The smallest absolute Gasteiger partial charge is 0.266 e. The number of carbonyl (C=O) groups is 1. The highest BCUT2D eigenvalue weighted by Crippen LogP contribution is 2.36. The summed E-state index contributed by atoms with van der Waals surface area (Å²) in [5.74, 6) is 1.25. The van der Waals surface area contributed by atoms with E-state index in [1.165, 1.54) is 17.3 Å². The van der Waals surface area contributed by atoms with Gasteiger partial charge in [0.2, 0.25) is 0 Å². The van der Waals surface area contributed by atoms with E-state index in [1.807, 2.05) is 67.6 Å². The number of halogens is 1. The van der Waals surface area contributed by atoms with Crippen molar-refractivity contribution in [3.05, 3.63) is 81.4 Å². The molecule has 31 heavy (non-hydrogen) atoms. The first-order chi connectivity index (χ1) is 15.0. The molecule has 0 saturated carbocycles. The summed E-state index contributed by atoms with van der Waals surface area (Å²) >= 11 is 4.93. The van der Waals surface area contributed by atoms with E-state index in [9.17, 15) is 4.79 Å². The van der Waals surface area contributed by atoms with Crippen molar-refractivity contribution in [3.8, 4) is 11.3 Å². The number of aryl methyl sites for hydroxylation is 1. The van der Waals surface area contributed by atoms with Crippen LogP contribution >= 0.6 is 27.7 Å². The van der Waals surface area contributed by atoms with Crippen LogP contribution in [0.5, 0.6) is 0 Å². The largest absolute Gasteiger partial charge is 0.457 e. The highest BCUT2D eigenvalue weighted by Gasteiger charge is 2.33. The molecule has 7 heteroatoms. The molecule has 3 aromatic rings. The Bertz CT molecular complexity index is 1150. The van der Waals surface area contributed by atoms with Crippen LogP contribution in [0, 0.1) is 6.92 Å². The summed E-state index contributed by atoms with van der Waals surface area (Å²) in [6.07, 6.45) is 1.77. The Morgan fingerprint density at radius 2 is 1.97 bits per heavy atom. The molecule has 0 unspecified atom stereocenters. The third-order valence-corrected chi connectivity index (χ3v) is 6.34. The van der Waals surface area contributed by atoms with E-state index in [4.69, 9.17) is 9.15 Å². The van der Waals surface area contributed by atoms with Crippen molar-refractivity contribution >= 4 is 50.5 Å². The predicted octanol–water partition coefficient (Wildman–Crippen LogP) is 6.27. The van der Waals surface area contributed by atoms with Crippen molar-refractivity contribution in [2.75, 3.05) is 20.3 Å². The zero-order valence-electron chi connectivity index (χ0n) is 17.2. The first-order valence-corrected chi connectivity index (χ1v) is 11.4. The molecular weight excluding hydrogens is 476 g/mol. The zero-order valence-corrected chi connectivity index (χ0v) is 19.6. The summed E-state index contributed by atoms with van der Waals surface area (Å²) in [6.45, 7) is 2.91. The topological polar surface area (TPSA) is 55.0 Å². The lowest BCUT2D eigenvalue weighted by molar-refractivity contribution is -0.122. The molecule has 4 rings (SSSR count). The van der Waals surface area contributed by atoms with Crippen molar-refractivity contribution in [3.63, 3.8) is 0 Å². The molecule has 1 fully saturated rings. The Kier molecular flexibility index (Phi) is 6.75. The number of nitrogens with zero attached hydrogens (tertiary/aromatic N) is 2. The van der Waals surface area contributed by atoms with Gasteiger partial charge < -0.3 is 9.15 Å². The molecule has 0 radical (unpaired) electrons. The summed E-state index contributed by atoms with van der Waals surface area (Å²) in [6, 6.07) is 19.5. The monoisotopic (exact) mass is 496 g/mol. The lowest BCUT2D eigenvalue weighted by Gasteiger charge is -2.14. The fourth-order valence-corrected chi connectivity index (χ4v) is 4.80. The Labute approximate surface area is 193 Å². The third kappa shape index (κ3) is 5.01. The number of benzene rings is 2. The molecule has 158 valence electrons.